The van der Waals surface area contributed by atoms with Gasteiger partial charge in [0, 0.05) is 25.8 Å². The lowest BCUT2D eigenvalue weighted by molar-refractivity contribution is 0.0742. The van der Waals surface area contributed by atoms with E-state index in [4.69, 9.17) is 9.15 Å². The smallest absolute Gasteiger partial charge is 0.289 e. The average molecular weight is 301 g/mol. The fourth-order valence-corrected chi connectivity index (χ4v) is 2.36. The highest BCUT2D eigenvalue weighted by Gasteiger charge is 2.17. The molecule has 0 spiro atoms. The molecule has 2 aromatic rings. The molecule has 0 fully saturated rings. The quantitative estimate of drug-likeness (QED) is 0.805. The van der Waals surface area contributed by atoms with Crippen LogP contribution in [-0.4, -0.2) is 31.0 Å². The Balaban J connectivity index is 2.26. The van der Waals surface area contributed by atoms with Crippen LogP contribution in [0.1, 0.15) is 43.0 Å². The van der Waals surface area contributed by atoms with Gasteiger partial charge in [0.25, 0.3) is 5.91 Å². The Kier molecular flexibility index (Phi) is 5.39. The van der Waals surface area contributed by atoms with Crippen molar-refractivity contribution in [3.05, 3.63) is 47.7 Å². The Bertz CT molecular complexity index is 629. The molecule has 1 unspecified atom stereocenters. The molecule has 22 heavy (non-hydrogen) atoms. The molecule has 0 saturated heterocycles. The summed E-state index contributed by atoms with van der Waals surface area (Å²) >= 11 is 0. The molecular formula is C18H23NO3. The molecule has 0 bridgehead atoms. The third-order valence-corrected chi connectivity index (χ3v) is 3.86. The number of nitrogens with zero attached hydrogens (tertiary/aromatic N) is 1. The van der Waals surface area contributed by atoms with E-state index in [1.807, 2.05) is 51.1 Å². The first-order valence-electron chi connectivity index (χ1n) is 7.62. The number of amides is 1. The van der Waals surface area contributed by atoms with Crippen molar-refractivity contribution in [1.29, 1.82) is 0 Å². The van der Waals surface area contributed by atoms with Gasteiger partial charge in [-0.1, -0.05) is 18.2 Å². The number of carbonyl (C=O) groups excluding carboxylic acids is 1. The maximum atomic E-state index is 12.3. The van der Waals surface area contributed by atoms with Gasteiger partial charge in [-0.25, -0.2) is 0 Å². The minimum atomic E-state index is -0.0716. The summed E-state index contributed by atoms with van der Waals surface area (Å²) in [6.45, 7) is 7.26. The Labute approximate surface area is 131 Å². The number of carbonyl (C=O) groups is 1. The summed E-state index contributed by atoms with van der Waals surface area (Å²) in [6.07, 6.45) is 0.0201. The zero-order chi connectivity index (χ0) is 16.1. The Morgan fingerprint density at radius 1 is 1.23 bits per heavy atom. The monoisotopic (exact) mass is 301 g/mol. The van der Waals surface area contributed by atoms with Crippen molar-refractivity contribution in [3.63, 3.8) is 0 Å². The van der Waals surface area contributed by atoms with Crippen LogP contribution in [0.25, 0.3) is 11.3 Å². The molecule has 0 radical (unpaired) electrons. The highest BCUT2D eigenvalue weighted by Crippen LogP contribution is 2.26. The number of benzene rings is 1. The summed E-state index contributed by atoms with van der Waals surface area (Å²) in [6, 6.07) is 11.6. The second-order valence-electron chi connectivity index (χ2n) is 5.14. The van der Waals surface area contributed by atoms with Crippen molar-refractivity contribution in [2.75, 3.05) is 20.2 Å². The van der Waals surface area contributed by atoms with E-state index in [9.17, 15) is 4.79 Å². The van der Waals surface area contributed by atoms with Gasteiger partial charge in [0.2, 0.25) is 0 Å². The molecule has 1 aromatic heterocycles. The van der Waals surface area contributed by atoms with Gasteiger partial charge in [0.05, 0.1) is 6.10 Å². The number of hydrogen-bond acceptors (Lipinski definition) is 3. The van der Waals surface area contributed by atoms with Gasteiger partial charge in [-0.15, -0.1) is 0 Å². The summed E-state index contributed by atoms with van der Waals surface area (Å²) in [5, 5.41) is 0. The Hall–Kier alpha value is -2.07. The molecule has 0 aliphatic carbocycles. The first-order chi connectivity index (χ1) is 10.6. The van der Waals surface area contributed by atoms with E-state index in [0.717, 1.165) is 11.1 Å². The SMILES string of the molecule is CCN(CC)C(=O)c1ccc(-c2cccc(C(C)OC)c2)o1. The highest BCUT2D eigenvalue weighted by atomic mass is 16.5. The highest BCUT2D eigenvalue weighted by molar-refractivity contribution is 5.92. The van der Waals surface area contributed by atoms with Crippen LogP contribution in [0.5, 0.6) is 0 Å². The molecule has 118 valence electrons. The molecule has 0 aliphatic rings. The Morgan fingerprint density at radius 3 is 2.59 bits per heavy atom. The van der Waals surface area contributed by atoms with E-state index in [-0.39, 0.29) is 12.0 Å². The number of furan rings is 1. The van der Waals surface area contributed by atoms with E-state index in [1.165, 1.54) is 0 Å². The third-order valence-electron chi connectivity index (χ3n) is 3.86. The lowest BCUT2D eigenvalue weighted by Gasteiger charge is -2.16. The van der Waals surface area contributed by atoms with Gasteiger partial charge in [0.15, 0.2) is 5.76 Å². The average Bonchev–Trinajstić information content (AvgIpc) is 3.05. The largest absolute Gasteiger partial charge is 0.451 e. The fraction of sp³-hybridized carbons (Fsp3) is 0.389. The fourth-order valence-electron chi connectivity index (χ4n) is 2.36. The molecule has 0 N–H and O–H groups in total. The van der Waals surface area contributed by atoms with E-state index < -0.39 is 0 Å². The maximum absolute atomic E-state index is 12.3. The van der Waals surface area contributed by atoms with E-state index >= 15 is 0 Å². The van der Waals surface area contributed by atoms with Crippen LogP contribution in [-0.2, 0) is 4.74 Å². The van der Waals surface area contributed by atoms with E-state index in [0.29, 0.717) is 24.6 Å². The van der Waals surface area contributed by atoms with Crippen molar-refractivity contribution in [2.45, 2.75) is 26.9 Å². The van der Waals surface area contributed by atoms with Crippen molar-refractivity contribution >= 4 is 5.91 Å². The van der Waals surface area contributed by atoms with Crippen LogP contribution in [0.2, 0.25) is 0 Å². The molecular weight excluding hydrogens is 278 g/mol. The lowest BCUT2D eigenvalue weighted by atomic mass is 10.1. The van der Waals surface area contributed by atoms with Crippen LogP contribution in [0.15, 0.2) is 40.8 Å². The lowest BCUT2D eigenvalue weighted by Crippen LogP contribution is -2.30. The molecule has 4 nitrogen and oxygen atoms in total. The van der Waals surface area contributed by atoms with Gasteiger partial charge < -0.3 is 14.1 Å². The number of rotatable bonds is 6. The first-order valence-corrected chi connectivity index (χ1v) is 7.62. The molecule has 1 aromatic carbocycles. The predicted octanol–water partition coefficient (Wildman–Crippen LogP) is 4.14. The first kappa shape index (κ1) is 16.3. The van der Waals surface area contributed by atoms with Gasteiger partial charge in [0.1, 0.15) is 5.76 Å². The van der Waals surface area contributed by atoms with E-state index in [2.05, 4.69) is 0 Å². The number of ether oxygens (including phenoxy) is 1. The van der Waals surface area contributed by atoms with Gasteiger partial charge in [-0.05, 0) is 44.5 Å². The van der Waals surface area contributed by atoms with Crippen LogP contribution in [0.4, 0.5) is 0 Å². The molecule has 1 heterocycles. The molecule has 4 heteroatoms. The van der Waals surface area contributed by atoms with Crippen LogP contribution >= 0.6 is 0 Å². The molecule has 0 saturated carbocycles. The normalized spacial score (nSPS) is 12.2. The van der Waals surface area contributed by atoms with Gasteiger partial charge in [-0.2, -0.15) is 0 Å². The molecule has 0 aliphatic heterocycles. The topological polar surface area (TPSA) is 42.7 Å². The van der Waals surface area contributed by atoms with Crippen LogP contribution in [0.3, 0.4) is 0 Å². The second kappa shape index (κ2) is 7.27. The maximum Gasteiger partial charge on any atom is 0.289 e. The summed E-state index contributed by atoms with van der Waals surface area (Å²) < 4.78 is 11.1. The third kappa shape index (κ3) is 3.39. The molecule has 2 rings (SSSR count). The van der Waals surface area contributed by atoms with Crippen LogP contribution < -0.4 is 0 Å². The van der Waals surface area contributed by atoms with Crippen molar-refractivity contribution in [3.8, 4) is 11.3 Å². The summed E-state index contributed by atoms with van der Waals surface area (Å²) in [5.41, 5.74) is 2.02. The second-order valence-corrected chi connectivity index (χ2v) is 5.14. The zero-order valence-electron chi connectivity index (χ0n) is 13.6. The van der Waals surface area contributed by atoms with Gasteiger partial charge in [-0.3, -0.25) is 4.79 Å². The standard InChI is InChI=1S/C18H23NO3/c1-5-19(6-2)18(20)17-11-10-16(22-17)15-9-7-8-14(12-15)13(3)21-4/h7-13H,5-6H2,1-4H3. The van der Waals surface area contributed by atoms with Crippen molar-refractivity contribution in [1.82, 2.24) is 4.90 Å². The molecule has 1 amide bonds. The predicted molar refractivity (Wildman–Crippen MR) is 86.8 cm³/mol. The molecule has 1 atom stereocenters. The minimum absolute atomic E-state index is 0.0201. The number of hydrogen-bond donors (Lipinski definition) is 0. The summed E-state index contributed by atoms with van der Waals surface area (Å²) in [5.74, 6) is 1.00. The van der Waals surface area contributed by atoms with Crippen LogP contribution in [0, 0.1) is 0 Å². The summed E-state index contributed by atoms with van der Waals surface area (Å²) in [4.78, 5) is 14.0. The summed E-state index contributed by atoms with van der Waals surface area (Å²) in [7, 11) is 1.69. The van der Waals surface area contributed by atoms with Gasteiger partial charge >= 0.3 is 0 Å². The minimum Gasteiger partial charge on any atom is -0.451 e. The van der Waals surface area contributed by atoms with E-state index in [1.54, 1.807) is 18.1 Å². The van der Waals surface area contributed by atoms with Crippen molar-refractivity contribution in [2.24, 2.45) is 0 Å². The van der Waals surface area contributed by atoms with Crippen molar-refractivity contribution < 1.29 is 13.9 Å². The number of methoxy groups -OCH3 is 1. The zero-order valence-corrected chi connectivity index (χ0v) is 13.6. The Morgan fingerprint density at radius 2 is 1.95 bits per heavy atom.